The van der Waals surface area contributed by atoms with Crippen molar-refractivity contribution in [2.75, 3.05) is 33.2 Å². The van der Waals surface area contributed by atoms with Gasteiger partial charge in [0.15, 0.2) is 0 Å². The smallest absolute Gasteiger partial charge is 0.217 e. The number of hydrogen-bond acceptors (Lipinski definition) is 3. The third-order valence-electron chi connectivity index (χ3n) is 3.61. The highest BCUT2D eigenvalue weighted by Crippen LogP contribution is 2.23. The Bertz CT molecular complexity index is 315. The molecule has 2 rings (SSSR count). The summed E-state index contributed by atoms with van der Waals surface area (Å²) < 4.78 is 26.4. The van der Waals surface area contributed by atoms with E-state index >= 15 is 0 Å². The Labute approximate surface area is 98.7 Å². The maximum Gasteiger partial charge on any atom is 0.217 e. The van der Waals surface area contributed by atoms with Gasteiger partial charge in [-0.25, -0.2) is 12.7 Å². The number of hydrogen-bond donors (Lipinski definition) is 0. The van der Waals surface area contributed by atoms with Gasteiger partial charge >= 0.3 is 0 Å². The second-order valence-electron chi connectivity index (χ2n) is 4.81. The van der Waals surface area contributed by atoms with Gasteiger partial charge in [-0.2, -0.15) is 0 Å². The van der Waals surface area contributed by atoms with Gasteiger partial charge in [-0.3, -0.25) is 0 Å². The fourth-order valence-electron chi connectivity index (χ4n) is 2.47. The summed E-state index contributed by atoms with van der Waals surface area (Å²) in [5.74, 6) is 0. The lowest BCUT2D eigenvalue weighted by molar-refractivity contribution is 0.270. The monoisotopic (exact) mass is 245 g/mol. The molecule has 0 amide bonds. The van der Waals surface area contributed by atoms with Crippen molar-refractivity contribution < 1.29 is 8.42 Å². The first-order valence-corrected chi connectivity index (χ1v) is 7.60. The minimum Gasteiger partial charge on any atom is -0.306 e. The van der Waals surface area contributed by atoms with Crippen LogP contribution in [-0.2, 0) is 10.0 Å². The van der Waals surface area contributed by atoms with Crippen molar-refractivity contribution in [3.05, 3.63) is 6.42 Å². The minimum absolute atomic E-state index is 0.137. The number of likely N-dealkylation sites (tertiary alicyclic amines) is 1. The van der Waals surface area contributed by atoms with Gasteiger partial charge in [0.1, 0.15) is 0 Å². The molecule has 4 nitrogen and oxygen atoms in total. The molecule has 5 heteroatoms. The Morgan fingerprint density at radius 3 is 2.19 bits per heavy atom. The lowest BCUT2D eigenvalue weighted by Gasteiger charge is -2.34. The van der Waals surface area contributed by atoms with Crippen LogP contribution in [0.4, 0.5) is 0 Å². The Kier molecular flexibility index (Phi) is 3.87. The second kappa shape index (κ2) is 5.02. The van der Waals surface area contributed by atoms with E-state index in [1.807, 2.05) is 0 Å². The molecule has 0 aromatic rings. The Hall–Kier alpha value is -0.130. The molecule has 0 unspecified atom stereocenters. The van der Waals surface area contributed by atoms with Crippen molar-refractivity contribution in [2.24, 2.45) is 0 Å². The van der Waals surface area contributed by atoms with Gasteiger partial charge in [0.2, 0.25) is 10.0 Å². The Morgan fingerprint density at radius 1 is 1.06 bits per heavy atom. The quantitative estimate of drug-likeness (QED) is 0.719. The molecule has 0 atom stereocenters. The standard InChI is InChI=1S/C11H21N2O2S/c1-12-9-5-11(6-10-12)16(14,15)13-7-3-2-4-8-13/h2,11H,3-10H2,1H3. The zero-order chi connectivity index (χ0) is 11.6. The highest BCUT2D eigenvalue weighted by molar-refractivity contribution is 7.89. The van der Waals surface area contributed by atoms with E-state index < -0.39 is 10.0 Å². The van der Waals surface area contributed by atoms with Gasteiger partial charge in [0.25, 0.3) is 0 Å². The van der Waals surface area contributed by atoms with E-state index in [0.29, 0.717) is 13.1 Å². The number of nitrogens with zero attached hydrogens (tertiary/aromatic N) is 2. The predicted molar refractivity (Wildman–Crippen MR) is 64.5 cm³/mol. The number of sulfonamides is 1. The average Bonchev–Trinajstić information content (AvgIpc) is 2.31. The molecule has 16 heavy (non-hydrogen) atoms. The van der Waals surface area contributed by atoms with Crippen LogP contribution in [0.5, 0.6) is 0 Å². The third-order valence-corrected chi connectivity index (χ3v) is 6.01. The van der Waals surface area contributed by atoms with Gasteiger partial charge in [-0.1, -0.05) is 0 Å². The molecular formula is C11H21N2O2S. The van der Waals surface area contributed by atoms with Crippen LogP contribution < -0.4 is 0 Å². The molecule has 0 aromatic heterocycles. The summed E-state index contributed by atoms with van der Waals surface area (Å²) in [6.45, 7) is 3.19. The van der Waals surface area contributed by atoms with Gasteiger partial charge in [-0.15, -0.1) is 0 Å². The third kappa shape index (κ3) is 2.57. The molecule has 0 aliphatic carbocycles. The van der Waals surface area contributed by atoms with Gasteiger partial charge in [0.05, 0.1) is 5.25 Å². The van der Waals surface area contributed by atoms with Crippen molar-refractivity contribution >= 4 is 10.0 Å². The van der Waals surface area contributed by atoms with Gasteiger partial charge in [-0.05, 0) is 52.2 Å². The fourth-order valence-corrected chi connectivity index (χ4v) is 4.42. The first-order valence-electron chi connectivity index (χ1n) is 6.10. The number of rotatable bonds is 2. The molecule has 0 saturated carbocycles. The van der Waals surface area contributed by atoms with E-state index in [4.69, 9.17) is 0 Å². The van der Waals surface area contributed by atoms with E-state index in [1.54, 1.807) is 4.31 Å². The van der Waals surface area contributed by atoms with Crippen molar-refractivity contribution in [1.82, 2.24) is 9.21 Å². The van der Waals surface area contributed by atoms with Crippen LogP contribution in [0, 0.1) is 6.42 Å². The van der Waals surface area contributed by atoms with Crippen LogP contribution in [0.25, 0.3) is 0 Å². The zero-order valence-corrected chi connectivity index (χ0v) is 10.7. The van der Waals surface area contributed by atoms with Crippen LogP contribution in [0.3, 0.4) is 0 Å². The highest BCUT2D eigenvalue weighted by Gasteiger charge is 2.34. The summed E-state index contributed by atoms with van der Waals surface area (Å²) in [5.41, 5.74) is 0. The molecule has 2 aliphatic heterocycles. The lowest BCUT2D eigenvalue weighted by Crippen LogP contribution is -2.46. The van der Waals surface area contributed by atoms with Gasteiger partial charge < -0.3 is 4.90 Å². The molecule has 0 N–H and O–H groups in total. The second-order valence-corrected chi connectivity index (χ2v) is 7.03. The van der Waals surface area contributed by atoms with Crippen molar-refractivity contribution in [3.8, 4) is 0 Å². The maximum atomic E-state index is 12.3. The van der Waals surface area contributed by atoms with Gasteiger partial charge in [0, 0.05) is 13.1 Å². The summed E-state index contributed by atoms with van der Waals surface area (Å²) in [4.78, 5) is 2.20. The molecule has 0 aromatic carbocycles. The molecule has 2 heterocycles. The number of piperidine rings is 2. The molecular weight excluding hydrogens is 224 g/mol. The molecule has 2 fully saturated rings. The van der Waals surface area contributed by atoms with Crippen LogP contribution in [-0.4, -0.2) is 56.1 Å². The van der Waals surface area contributed by atoms with Crippen LogP contribution >= 0.6 is 0 Å². The molecule has 0 bridgehead atoms. The zero-order valence-electron chi connectivity index (χ0n) is 9.93. The summed E-state index contributed by atoms with van der Waals surface area (Å²) in [6, 6.07) is 0. The topological polar surface area (TPSA) is 40.6 Å². The molecule has 0 spiro atoms. The molecule has 2 saturated heterocycles. The normalized spacial score (nSPS) is 27.1. The first-order chi connectivity index (χ1) is 7.60. The molecule has 1 radical (unpaired) electrons. The SMILES string of the molecule is CN1CCC(S(=O)(=O)N2CC[CH]CC2)CC1. The van der Waals surface area contributed by atoms with E-state index in [1.165, 1.54) is 0 Å². The highest BCUT2D eigenvalue weighted by atomic mass is 32.2. The average molecular weight is 245 g/mol. The summed E-state index contributed by atoms with van der Waals surface area (Å²) in [5, 5.41) is -0.137. The van der Waals surface area contributed by atoms with E-state index in [9.17, 15) is 8.42 Å². The molecule has 93 valence electrons. The molecule has 2 aliphatic rings. The van der Waals surface area contributed by atoms with E-state index in [-0.39, 0.29) is 5.25 Å². The largest absolute Gasteiger partial charge is 0.306 e. The first kappa shape index (κ1) is 12.3. The fraction of sp³-hybridized carbons (Fsp3) is 0.909. The van der Waals surface area contributed by atoms with E-state index in [0.717, 1.165) is 38.8 Å². The van der Waals surface area contributed by atoms with E-state index in [2.05, 4.69) is 18.4 Å². The van der Waals surface area contributed by atoms with Crippen molar-refractivity contribution in [3.63, 3.8) is 0 Å². The summed E-state index contributed by atoms with van der Waals surface area (Å²) in [6.07, 6.45) is 5.58. The minimum atomic E-state index is -3.02. The Morgan fingerprint density at radius 2 is 1.62 bits per heavy atom. The predicted octanol–water partition coefficient (Wildman–Crippen LogP) is 0.710. The van der Waals surface area contributed by atoms with Crippen LogP contribution in [0.2, 0.25) is 0 Å². The van der Waals surface area contributed by atoms with Crippen molar-refractivity contribution in [2.45, 2.75) is 30.9 Å². The maximum absolute atomic E-state index is 12.3. The lowest BCUT2D eigenvalue weighted by atomic mass is 10.1. The van der Waals surface area contributed by atoms with Crippen LogP contribution in [0.1, 0.15) is 25.7 Å². The van der Waals surface area contributed by atoms with Crippen LogP contribution in [0.15, 0.2) is 0 Å². The summed E-state index contributed by atoms with van der Waals surface area (Å²) in [7, 11) is -0.968. The summed E-state index contributed by atoms with van der Waals surface area (Å²) >= 11 is 0. The van der Waals surface area contributed by atoms with Crippen molar-refractivity contribution in [1.29, 1.82) is 0 Å². The Balaban J connectivity index is 2.00.